The summed E-state index contributed by atoms with van der Waals surface area (Å²) in [5.74, 6) is -1.24. The number of nitrogens with one attached hydrogen (secondary N) is 2. The Labute approximate surface area is 189 Å². The number of pyridine rings is 1. The quantitative estimate of drug-likeness (QED) is 0.401. The number of para-hydroxylation sites is 1. The Morgan fingerprint density at radius 2 is 1.91 bits per heavy atom. The molecule has 0 bridgehead atoms. The molecule has 0 atom stereocenters. The lowest BCUT2D eigenvalue weighted by molar-refractivity contribution is 0.102. The van der Waals surface area contributed by atoms with Crippen molar-refractivity contribution in [2.45, 2.75) is 6.42 Å². The average Bonchev–Trinajstić information content (AvgIpc) is 3.24. The van der Waals surface area contributed by atoms with Gasteiger partial charge in [0.05, 0.1) is 28.9 Å². The largest absolute Gasteiger partial charge is 0.351 e. The van der Waals surface area contributed by atoms with Gasteiger partial charge in [-0.15, -0.1) is 11.3 Å². The number of anilines is 3. The molecule has 0 aliphatic carbocycles. The fraction of sp³-hybridized carbons (Fsp3) is 0.200. The van der Waals surface area contributed by atoms with Crippen molar-refractivity contribution in [2.24, 2.45) is 0 Å². The molecule has 10 nitrogen and oxygen atoms in total. The van der Waals surface area contributed by atoms with Gasteiger partial charge in [0.1, 0.15) is 5.69 Å². The van der Waals surface area contributed by atoms with E-state index in [2.05, 4.69) is 20.6 Å². The van der Waals surface area contributed by atoms with Gasteiger partial charge in [-0.25, -0.2) is 4.98 Å². The highest BCUT2D eigenvalue weighted by atomic mass is 32.2. The minimum absolute atomic E-state index is 0.161. The summed E-state index contributed by atoms with van der Waals surface area (Å²) in [4.78, 5) is 35.3. The van der Waals surface area contributed by atoms with Gasteiger partial charge in [0.25, 0.3) is 21.9 Å². The third-order valence-corrected chi connectivity index (χ3v) is 6.05. The Balaban J connectivity index is 1.66. The molecule has 3 rings (SSSR count). The third-order valence-electron chi connectivity index (χ3n) is 4.29. The Kier molecular flexibility index (Phi) is 7.51. The van der Waals surface area contributed by atoms with Gasteiger partial charge in [-0.2, -0.15) is 8.42 Å². The van der Waals surface area contributed by atoms with Gasteiger partial charge < -0.3 is 15.5 Å². The van der Waals surface area contributed by atoms with E-state index >= 15 is 0 Å². The van der Waals surface area contributed by atoms with Gasteiger partial charge in [-0.3, -0.25) is 19.1 Å². The van der Waals surface area contributed by atoms with Gasteiger partial charge in [0.15, 0.2) is 5.13 Å². The van der Waals surface area contributed by atoms with E-state index in [-0.39, 0.29) is 23.4 Å². The maximum absolute atomic E-state index is 12.7. The minimum Gasteiger partial charge on any atom is -0.351 e. The zero-order valence-corrected chi connectivity index (χ0v) is 18.7. The van der Waals surface area contributed by atoms with E-state index in [4.69, 9.17) is 4.55 Å². The first-order valence-electron chi connectivity index (χ1n) is 9.46. The van der Waals surface area contributed by atoms with Gasteiger partial charge in [-0.05, 0) is 30.7 Å². The normalized spacial score (nSPS) is 11.1. The lowest BCUT2D eigenvalue weighted by atomic mass is 10.1. The van der Waals surface area contributed by atoms with Crippen LogP contribution in [0.2, 0.25) is 0 Å². The molecule has 0 aliphatic rings. The highest BCUT2D eigenvalue weighted by molar-refractivity contribution is 7.85. The Morgan fingerprint density at radius 1 is 1.12 bits per heavy atom. The van der Waals surface area contributed by atoms with Crippen LogP contribution in [-0.2, 0) is 10.1 Å². The van der Waals surface area contributed by atoms with Crippen molar-refractivity contribution >= 4 is 49.8 Å². The molecule has 12 heteroatoms. The molecule has 0 fully saturated rings. The van der Waals surface area contributed by atoms with Crippen molar-refractivity contribution in [1.82, 2.24) is 9.97 Å². The van der Waals surface area contributed by atoms with Crippen molar-refractivity contribution in [1.29, 1.82) is 0 Å². The molecular formula is C20H21N5O5S2. The molecule has 3 aromatic rings. The predicted molar refractivity (Wildman–Crippen MR) is 123 cm³/mol. The van der Waals surface area contributed by atoms with E-state index in [0.29, 0.717) is 23.1 Å². The molecule has 3 N–H and O–H groups in total. The monoisotopic (exact) mass is 475 g/mol. The topological polar surface area (TPSA) is 142 Å². The van der Waals surface area contributed by atoms with E-state index in [1.165, 1.54) is 17.5 Å². The van der Waals surface area contributed by atoms with Crippen LogP contribution in [0.25, 0.3) is 0 Å². The SMILES string of the molecule is CN(CCCS(=O)(=O)O)c1nc(C(=O)Nc2ccccc2C(=O)Nc2cccnc2)cs1. The molecule has 0 aliphatic heterocycles. The van der Waals surface area contributed by atoms with Crippen LogP contribution in [0.1, 0.15) is 27.3 Å². The highest BCUT2D eigenvalue weighted by Gasteiger charge is 2.17. The van der Waals surface area contributed by atoms with Crippen molar-refractivity contribution in [2.75, 3.05) is 34.9 Å². The predicted octanol–water partition coefficient (Wildman–Crippen LogP) is 2.76. The molecule has 0 saturated heterocycles. The molecule has 2 amide bonds. The number of carbonyl (C=O) groups excluding carboxylic acids is 2. The number of aromatic nitrogens is 2. The van der Waals surface area contributed by atoms with Crippen LogP contribution in [0.3, 0.4) is 0 Å². The molecule has 0 spiro atoms. The first-order valence-corrected chi connectivity index (χ1v) is 12.0. The number of hydrogen-bond donors (Lipinski definition) is 3. The number of nitrogens with zero attached hydrogens (tertiary/aromatic N) is 3. The second-order valence-corrected chi connectivity index (χ2v) is 9.18. The molecule has 1 aromatic carbocycles. The summed E-state index contributed by atoms with van der Waals surface area (Å²) in [6.45, 7) is 0.339. The summed E-state index contributed by atoms with van der Waals surface area (Å²) in [5, 5.41) is 7.53. The van der Waals surface area contributed by atoms with Crippen LogP contribution in [0.4, 0.5) is 16.5 Å². The van der Waals surface area contributed by atoms with Crippen LogP contribution in [0, 0.1) is 0 Å². The van der Waals surface area contributed by atoms with E-state index in [1.54, 1.807) is 59.9 Å². The van der Waals surface area contributed by atoms with Crippen LogP contribution in [-0.4, -0.2) is 54.1 Å². The summed E-state index contributed by atoms with van der Waals surface area (Å²) in [5.41, 5.74) is 1.30. The standard InChI is InChI=1S/C20H21N5O5S2/c1-25(10-5-11-32(28,29)30)20-24-17(13-31-20)19(27)23-16-8-3-2-7-15(16)18(26)22-14-6-4-9-21-12-14/h2-4,6-9,12-13H,5,10-11H2,1H3,(H,22,26)(H,23,27)(H,28,29,30). The summed E-state index contributed by atoms with van der Waals surface area (Å²) in [6, 6.07) is 10.0. The lowest BCUT2D eigenvalue weighted by Crippen LogP contribution is -2.21. The molecule has 2 heterocycles. The maximum atomic E-state index is 12.7. The first kappa shape index (κ1) is 23.3. The van der Waals surface area contributed by atoms with Crippen LogP contribution < -0.4 is 15.5 Å². The second kappa shape index (κ2) is 10.3. The van der Waals surface area contributed by atoms with Crippen molar-refractivity contribution in [3.63, 3.8) is 0 Å². The number of benzene rings is 1. The Hall–Kier alpha value is -3.35. The number of thiazole rings is 1. The summed E-state index contributed by atoms with van der Waals surface area (Å²) in [7, 11) is -2.31. The molecule has 32 heavy (non-hydrogen) atoms. The van der Waals surface area contributed by atoms with Gasteiger partial charge in [-0.1, -0.05) is 12.1 Å². The lowest BCUT2D eigenvalue weighted by Gasteiger charge is -2.14. The van der Waals surface area contributed by atoms with Crippen LogP contribution in [0.5, 0.6) is 0 Å². The summed E-state index contributed by atoms with van der Waals surface area (Å²) < 4.78 is 30.5. The number of amides is 2. The zero-order chi connectivity index (χ0) is 23.1. The van der Waals surface area contributed by atoms with E-state index in [0.717, 1.165) is 0 Å². The van der Waals surface area contributed by atoms with Gasteiger partial charge in [0, 0.05) is 25.2 Å². The average molecular weight is 476 g/mol. The van der Waals surface area contributed by atoms with E-state index < -0.39 is 21.9 Å². The zero-order valence-electron chi connectivity index (χ0n) is 17.1. The maximum Gasteiger partial charge on any atom is 0.275 e. The molecule has 0 radical (unpaired) electrons. The van der Waals surface area contributed by atoms with Gasteiger partial charge >= 0.3 is 0 Å². The molecule has 0 saturated carbocycles. The second-order valence-electron chi connectivity index (χ2n) is 6.77. The number of carbonyl (C=O) groups is 2. The fourth-order valence-corrected chi connectivity index (χ4v) is 4.03. The van der Waals surface area contributed by atoms with Crippen molar-refractivity contribution in [3.05, 3.63) is 65.4 Å². The number of rotatable bonds is 9. The van der Waals surface area contributed by atoms with Crippen LogP contribution in [0.15, 0.2) is 54.2 Å². The molecular weight excluding hydrogens is 454 g/mol. The minimum atomic E-state index is -4.02. The van der Waals surface area contributed by atoms with Gasteiger partial charge in [0.2, 0.25) is 0 Å². The molecule has 168 valence electrons. The van der Waals surface area contributed by atoms with Crippen molar-refractivity contribution < 1.29 is 22.6 Å². The summed E-state index contributed by atoms with van der Waals surface area (Å²) >= 11 is 1.22. The van der Waals surface area contributed by atoms with E-state index in [1.807, 2.05) is 0 Å². The number of hydrogen-bond acceptors (Lipinski definition) is 8. The van der Waals surface area contributed by atoms with Crippen LogP contribution >= 0.6 is 11.3 Å². The first-order chi connectivity index (χ1) is 15.2. The van der Waals surface area contributed by atoms with E-state index in [9.17, 15) is 18.0 Å². The third kappa shape index (κ3) is 6.57. The highest BCUT2D eigenvalue weighted by Crippen LogP contribution is 2.22. The molecule has 2 aromatic heterocycles. The Morgan fingerprint density at radius 3 is 2.62 bits per heavy atom. The smallest absolute Gasteiger partial charge is 0.275 e. The fourth-order valence-electron chi connectivity index (χ4n) is 2.74. The molecule has 0 unspecified atom stereocenters. The Bertz CT molecular complexity index is 1200. The van der Waals surface area contributed by atoms with Crippen molar-refractivity contribution in [3.8, 4) is 0 Å². The summed E-state index contributed by atoms with van der Waals surface area (Å²) in [6.07, 6.45) is 3.33.